The van der Waals surface area contributed by atoms with E-state index in [1.54, 1.807) is 6.07 Å². The summed E-state index contributed by atoms with van der Waals surface area (Å²) in [6, 6.07) is 4.52. The summed E-state index contributed by atoms with van der Waals surface area (Å²) in [7, 11) is 1.87. The first-order valence-corrected chi connectivity index (χ1v) is 5.29. The molecule has 2 nitrogen and oxygen atoms in total. The van der Waals surface area contributed by atoms with Crippen molar-refractivity contribution >= 4 is 17.2 Å². The number of benzene rings is 1. The Hall–Kier alpha value is -1.64. The van der Waals surface area contributed by atoms with Gasteiger partial charge in [-0.15, -0.1) is 0 Å². The maximum atomic E-state index is 13.2. The van der Waals surface area contributed by atoms with Crippen LogP contribution in [0.1, 0.15) is 35.8 Å². The van der Waals surface area contributed by atoms with Crippen molar-refractivity contribution in [3.8, 4) is 0 Å². The molecule has 84 valence electrons. The lowest BCUT2D eigenvalue weighted by atomic mass is 10.0. The van der Waals surface area contributed by atoms with E-state index in [0.29, 0.717) is 5.56 Å². The molecule has 2 aromatic rings. The Bertz CT molecular complexity index is 555. The van der Waals surface area contributed by atoms with Crippen molar-refractivity contribution in [2.45, 2.75) is 19.8 Å². The molecule has 1 heterocycles. The highest BCUT2D eigenvalue weighted by atomic mass is 19.1. The third-order valence-electron chi connectivity index (χ3n) is 2.91. The Balaban J connectivity index is 2.90. The summed E-state index contributed by atoms with van der Waals surface area (Å²) in [5, 5.41) is 0.822. The highest BCUT2D eigenvalue weighted by Crippen LogP contribution is 2.29. The van der Waals surface area contributed by atoms with Crippen LogP contribution in [-0.2, 0) is 7.05 Å². The van der Waals surface area contributed by atoms with Gasteiger partial charge in [0.05, 0.1) is 5.52 Å². The van der Waals surface area contributed by atoms with E-state index in [1.165, 1.54) is 12.1 Å². The van der Waals surface area contributed by atoms with Crippen LogP contribution in [0.4, 0.5) is 4.39 Å². The zero-order valence-electron chi connectivity index (χ0n) is 9.62. The maximum absolute atomic E-state index is 13.2. The molecule has 0 aliphatic carbocycles. The predicted octanol–water partition coefficient (Wildman–Crippen LogP) is 3.25. The molecule has 3 heteroatoms. The Labute approximate surface area is 93.7 Å². The average molecular weight is 219 g/mol. The van der Waals surface area contributed by atoms with Crippen LogP contribution in [0.25, 0.3) is 10.9 Å². The lowest BCUT2D eigenvalue weighted by Crippen LogP contribution is -2.00. The van der Waals surface area contributed by atoms with Crippen LogP contribution in [0, 0.1) is 5.82 Å². The fraction of sp³-hybridized carbons (Fsp3) is 0.308. The lowest BCUT2D eigenvalue weighted by molar-refractivity contribution is 0.112. The summed E-state index contributed by atoms with van der Waals surface area (Å²) in [5.74, 6) is -0.0403. The minimum Gasteiger partial charge on any atom is -0.347 e. The van der Waals surface area contributed by atoms with E-state index in [-0.39, 0.29) is 11.7 Å². The van der Waals surface area contributed by atoms with E-state index < -0.39 is 0 Å². The summed E-state index contributed by atoms with van der Waals surface area (Å²) in [6.45, 7) is 4.05. The van der Waals surface area contributed by atoms with E-state index >= 15 is 0 Å². The molecule has 0 fully saturated rings. The largest absolute Gasteiger partial charge is 0.347 e. The molecule has 0 amide bonds. The molecule has 0 spiro atoms. The second-order valence-electron chi connectivity index (χ2n) is 4.29. The summed E-state index contributed by atoms with van der Waals surface area (Å²) < 4.78 is 15.1. The number of hydrogen-bond donors (Lipinski definition) is 0. The number of aryl methyl sites for hydroxylation is 1. The third-order valence-corrected chi connectivity index (χ3v) is 2.91. The predicted molar refractivity (Wildman–Crippen MR) is 62.4 cm³/mol. The van der Waals surface area contributed by atoms with Crippen LogP contribution in [0.15, 0.2) is 18.2 Å². The zero-order valence-corrected chi connectivity index (χ0v) is 9.62. The molecule has 0 aliphatic rings. The van der Waals surface area contributed by atoms with Crippen molar-refractivity contribution < 1.29 is 9.18 Å². The van der Waals surface area contributed by atoms with Crippen molar-refractivity contribution in [3.05, 3.63) is 35.3 Å². The number of nitrogens with zero attached hydrogens (tertiary/aromatic N) is 1. The smallest absolute Gasteiger partial charge is 0.152 e. The van der Waals surface area contributed by atoms with Gasteiger partial charge in [0.25, 0.3) is 0 Å². The number of rotatable bonds is 2. The van der Waals surface area contributed by atoms with Gasteiger partial charge in [-0.1, -0.05) is 13.8 Å². The molecule has 2 rings (SSSR count). The van der Waals surface area contributed by atoms with Crippen molar-refractivity contribution in [2.75, 3.05) is 0 Å². The molecule has 0 radical (unpaired) electrons. The van der Waals surface area contributed by atoms with Crippen LogP contribution >= 0.6 is 0 Å². The molecule has 0 unspecified atom stereocenters. The van der Waals surface area contributed by atoms with Crippen molar-refractivity contribution in [1.82, 2.24) is 4.57 Å². The van der Waals surface area contributed by atoms with Crippen LogP contribution in [-0.4, -0.2) is 10.9 Å². The van der Waals surface area contributed by atoms with E-state index in [4.69, 9.17) is 0 Å². The molecule has 0 aliphatic heterocycles. The maximum Gasteiger partial charge on any atom is 0.152 e. The van der Waals surface area contributed by atoms with E-state index in [2.05, 4.69) is 0 Å². The molecule has 1 aromatic carbocycles. The topological polar surface area (TPSA) is 22.0 Å². The quantitative estimate of drug-likeness (QED) is 0.710. The van der Waals surface area contributed by atoms with Gasteiger partial charge in [-0.05, 0) is 24.1 Å². The molecule has 16 heavy (non-hydrogen) atoms. The first-order valence-electron chi connectivity index (χ1n) is 5.29. The summed E-state index contributed by atoms with van der Waals surface area (Å²) >= 11 is 0. The van der Waals surface area contributed by atoms with E-state index in [9.17, 15) is 9.18 Å². The Kier molecular flexibility index (Phi) is 2.54. The molecule has 0 N–H and O–H groups in total. The fourth-order valence-electron chi connectivity index (χ4n) is 2.28. The van der Waals surface area contributed by atoms with Gasteiger partial charge in [0.2, 0.25) is 0 Å². The molecule has 0 atom stereocenters. The number of aromatic nitrogens is 1. The van der Waals surface area contributed by atoms with Gasteiger partial charge in [0.1, 0.15) is 5.82 Å². The van der Waals surface area contributed by atoms with Crippen LogP contribution in [0.2, 0.25) is 0 Å². The number of carbonyl (C=O) groups excluding carboxylic acids is 1. The second kappa shape index (κ2) is 3.74. The van der Waals surface area contributed by atoms with Crippen LogP contribution < -0.4 is 0 Å². The first kappa shape index (κ1) is 10.9. The van der Waals surface area contributed by atoms with Crippen molar-refractivity contribution in [3.63, 3.8) is 0 Å². The number of halogens is 1. The van der Waals surface area contributed by atoms with Gasteiger partial charge in [-0.3, -0.25) is 4.79 Å². The second-order valence-corrected chi connectivity index (χ2v) is 4.29. The molecule has 1 aromatic heterocycles. The molecular formula is C13H14FNO. The van der Waals surface area contributed by atoms with Crippen molar-refractivity contribution in [2.24, 2.45) is 7.05 Å². The highest BCUT2D eigenvalue weighted by Gasteiger charge is 2.17. The third kappa shape index (κ3) is 1.43. The van der Waals surface area contributed by atoms with E-state index in [0.717, 1.165) is 22.9 Å². The summed E-state index contributed by atoms with van der Waals surface area (Å²) in [6.07, 6.45) is 0.857. The SMILES string of the molecule is CC(C)c1c(C=O)c2ccc(F)cc2n1C. The van der Waals surface area contributed by atoms with E-state index in [1.807, 2.05) is 25.5 Å². The fourth-order valence-corrected chi connectivity index (χ4v) is 2.28. The number of fused-ring (bicyclic) bond motifs is 1. The lowest BCUT2D eigenvalue weighted by Gasteiger charge is -2.08. The van der Waals surface area contributed by atoms with Crippen LogP contribution in [0.5, 0.6) is 0 Å². The number of hydrogen-bond acceptors (Lipinski definition) is 1. The molecule has 0 bridgehead atoms. The zero-order chi connectivity index (χ0) is 11.9. The Morgan fingerprint density at radius 2 is 2.06 bits per heavy atom. The highest BCUT2D eigenvalue weighted by molar-refractivity contribution is 5.99. The normalized spacial score (nSPS) is 11.3. The number of aldehydes is 1. The van der Waals surface area contributed by atoms with Gasteiger partial charge in [-0.25, -0.2) is 4.39 Å². The van der Waals surface area contributed by atoms with Crippen molar-refractivity contribution in [1.29, 1.82) is 0 Å². The van der Waals surface area contributed by atoms with Gasteiger partial charge in [-0.2, -0.15) is 0 Å². The summed E-state index contributed by atoms with van der Waals surface area (Å²) in [5.41, 5.74) is 2.40. The van der Waals surface area contributed by atoms with Crippen LogP contribution in [0.3, 0.4) is 0 Å². The minimum atomic E-state index is -0.277. The van der Waals surface area contributed by atoms with Gasteiger partial charge < -0.3 is 4.57 Å². The summed E-state index contributed by atoms with van der Waals surface area (Å²) in [4.78, 5) is 11.1. The average Bonchev–Trinajstić information content (AvgIpc) is 2.51. The van der Waals surface area contributed by atoms with Gasteiger partial charge in [0, 0.05) is 23.7 Å². The molecular weight excluding hydrogens is 205 g/mol. The minimum absolute atomic E-state index is 0.237. The standard InChI is InChI=1S/C13H14FNO/c1-8(2)13-11(7-16)10-5-4-9(14)6-12(10)15(13)3/h4-8H,1-3H3. The monoisotopic (exact) mass is 219 g/mol. The number of carbonyl (C=O) groups is 1. The molecule has 0 saturated carbocycles. The van der Waals surface area contributed by atoms with Gasteiger partial charge in [0.15, 0.2) is 6.29 Å². The first-order chi connectivity index (χ1) is 7.56. The van der Waals surface area contributed by atoms with Gasteiger partial charge >= 0.3 is 0 Å². The Morgan fingerprint density at radius 3 is 2.62 bits per heavy atom. The molecule has 0 saturated heterocycles. The Morgan fingerprint density at radius 1 is 1.38 bits per heavy atom.